The van der Waals surface area contributed by atoms with E-state index in [2.05, 4.69) is 16.3 Å². The lowest BCUT2D eigenvalue weighted by Crippen LogP contribution is -3.14. The molecule has 4 rings (SSSR count). The van der Waals surface area contributed by atoms with Crippen molar-refractivity contribution in [2.75, 3.05) is 46.1 Å². The first kappa shape index (κ1) is 21.0. The fraction of sp³-hybridized carbons (Fsp3) is 0.455. The summed E-state index contributed by atoms with van der Waals surface area (Å²) in [6, 6.07) is 7.95. The van der Waals surface area contributed by atoms with Gasteiger partial charge in [-0.1, -0.05) is 6.07 Å². The van der Waals surface area contributed by atoms with Gasteiger partial charge in [-0.2, -0.15) is 5.26 Å². The number of hydrogen-bond acceptors (Lipinski definition) is 7. The number of ether oxygens (including phenoxy) is 4. The summed E-state index contributed by atoms with van der Waals surface area (Å²) < 4.78 is 22.9. The highest BCUT2D eigenvalue weighted by Crippen LogP contribution is 2.44. The number of hydrogen-bond donors (Lipinski definition) is 3. The van der Waals surface area contributed by atoms with Gasteiger partial charge in [0.25, 0.3) is 0 Å². The molecule has 0 aliphatic carbocycles. The first-order valence-corrected chi connectivity index (χ1v) is 10.6. The van der Waals surface area contributed by atoms with E-state index >= 15 is 0 Å². The van der Waals surface area contributed by atoms with Crippen LogP contribution in [0.3, 0.4) is 0 Å². The van der Waals surface area contributed by atoms with Crippen molar-refractivity contribution in [2.45, 2.75) is 19.8 Å². The van der Waals surface area contributed by atoms with Crippen molar-refractivity contribution in [3.63, 3.8) is 0 Å². The molecule has 2 aromatic rings. The van der Waals surface area contributed by atoms with Crippen molar-refractivity contribution in [1.82, 2.24) is 10.2 Å². The molecule has 0 bridgehead atoms. The Balaban J connectivity index is 1.59. The number of aromatic nitrogens is 2. The van der Waals surface area contributed by atoms with E-state index in [9.17, 15) is 5.26 Å². The summed E-state index contributed by atoms with van der Waals surface area (Å²) in [5.74, 6) is 1.40. The first-order chi connectivity index (χ1) is 15.1. The molecule has 164 valence electrons. The molecule has 0 unspecified atom stereocenters. The van der Waals surface area contributed by atoms with Gasteiger partial charge in [0.2, 0.25) is 11.8 Å². The molecular formula is C22H28N5O4+. The summed E-state index contributed by atoms with van der Waals surface area (Å²) in [6.07, 6.45) is 0. The standard InChI is InChI=1S/C22H27N5O4/c1-3-29-18-12-15(4-5-17(18)30-11-8-27-6-9-28-10-7-27)20-16(13-23)21(24)31-22-19(20)14(2)25-26-22/h4-5,12,20H,3,6-11,24H2,1-2H3,(H,25,26)/p+1/t20-/m1/s1. The van der Waals surface area contributed by atoms with Crippen molar-refractivity contribution in [3.05, 3.63) is 46.5 Å². The molecule has 0 saturated carbocycles. The van der Waals surface area contributed by atoms with Crippen molar-refractivity contribution >= 4 is 0 Å². The van der Waals surface area contributed by atoms with E-state index in [0.717, 1.165) is 49.7 Å². The van der Waals surface area contributed by atoms with Crippen LogP contribution in [0.2, 0.25) is 0 Å². The van der Waals surface area contributed by atoms with Crippen LogP contribution in [0.5, 0.6) is 17.4 Å². The van der Waals surface area contributed by atoms with Crippen LogP contribution >= 0.6 is 0 Å². The normalized spacial score (nSPS) is 18.8. The molecule has 2 aliphatic heterocycles. The van der Waals surface area contributed by atoms with E-state index in [0.29, 0.717) is 36.2 Å². The lowest BCUT2D eigenvalue weighted by molar-refractivity contribution is -0.908. The Morgan fingerprint density at radius 2 is 2.10 bits per heavy atom. The number of morpholine rings is 1. The number of aromatic amines is 1. The van der Waals surface area contributed by atoms with E-state index in [4.69, 9.17) is 24.7 Å². The van der Waals surface area contributed by atoms with Crippen LogP contribution < -0.4 is 24.8 Å². The summed E-state index contributed by atoms with van der Waals surface area (Å²) in [5.41, 5.74) is 8.86. The molecule has 3 heterocycles. The van der Waals surface area contributed by atoms with Crippen molar-refractivity contribution < 1.29 is 23.8 Å². The Labute approximate surface area is 181 Å². The number of nitrogens with zero attached hydrogens (tertiary/aromatic N) is 2. The predicted molar refractivity (Wildman–Crippen MR) is 112 cm³/mol. The average molecular weight is 426 g/mol. The fourth-order valence-corrected chi connectivity index (χ4v) is 4.04. The number of aryl methyl sites for hydroxylation is 1. The van der Waals surface area contributed by atoms with E-state index < -0.39 is 5.92 Å². The second-order valence-corrected chi connectivity index (χ2v) is 7.59. The number of fused-ring (bicyclic) bond motifs is 1. The second kappa shape index (κ2) is 9.29. The molecule has 1 fully saturated rings. The number of allylic oxidation sites excluding steroid dienone is 1. The Kier molecular flexibility index (Phi) is 6.30. The Bertz CT molecular complexity index is 1000. The average Bonchev–Trinajstić information content (AvgIpc) is 3.14. The number of rotatable bonds is 7. The molecule has 31 heavy (non-hydrogen) atoms. The van der Waals surface area contributed by atoms with Crippen LogP contribution in [-0.2, 0) is 4.74 Å². The second-order valence-electron chi connectivity index (χ2n) is 7.59. The monoisotopic (exact) mass is 426 g/mol. The van der Waals surface area contributed by atoms with Crippen LogP contribution in [-0.4, -0.2) is 56.3 Å². The molecule has 1 atom stereocenters. The summed E-state index contributed by atoms with van der Waals surface area (Å²) in [7, 11) is 0. The van der Waals surface area contributed by atoms with Crippen LogP contribution in [0.4, 0.5) is 0 Å². The molecule has 9 heteroatoms. The molecule has 0 spiro atoms. The van der Waals surface area contributed by atoms with E-state index in [1.165, 1.54) is 4.90 Å². The lowest BCUT2D eigenvalue weighted by atomic mass is 9.84. The smallest absolute Gasteiger partial charge is 0.244 e. The van der Waals surface area contributed by atoms with Crippen LogP contribution in [0, 0.1) is 18.3 Å². The first-order valence-electron chi connectivity index (χ1n) is 10.6. The predicted octanol–water partition coefficient (Wildman–Crippen LogP) is 0.629. The molecule has 4 N–H and O–H groups in total. The van der Waals surface area contributed by atoms with Gasteiger partial charge in [-0.25, -0.2) is 0 Å². The molecule has 1 aromatic heterocycles. The largest absolute Gasteiger partial charge is 0.490 e. The number of nitrogens with two attached hydrogens (primary N) is 1. The molecule has 1 saturated heterocycles. The van der Waals surface area contributed by atoms with Gasteiger partial charge in [0.05, 0.1) is 25.7 Å². The van der Waals surface area contributed by atoms with Crippen molar-refractivity contribution in [2.24, 2.45) is 5.73 Å². The van der Waals surface area contributed by atoms with Gasteiger partial charge in [-0.3, -0.25) is 5.10 Å². The summed E-state index contributed by atoms with van der Waals surface area (Å²) in [6.45, 7) is 9.43. The SMILES string of the molecule is CCOc1cc([C@@H]2C(C#N)=C(N)Oc3n[nH]c(C)c32)ccc1OCC[NH+]1CCOCC1. The maximum atomic E-state index is 9.75. The summed E-state index contributed by atoms with van der Waals surface area (Å²) >= 11 is 0. The molecule has 2 aliphatic rings. The number of benzene rings is 1. The number of quaternary nitrogens is 1. The maximum Gasteiger partial charge on any atom is 0.244 e. The van der Waals surface area contributed by atoms with Gasteiger partial charge in [0.15, 0.2) is 11.5 Å². The van der Waals surface area contributed by atoms with E-state index in [1.54, 1.807) is 0 Å². The Morgan fingerprint density at radius 1 is 1.29 bits per heavy atom. The quantitative estimate of drug-likeness (QED) is 0.594. The van der Waals surface area contributed by atoms with E-state index in [1.807, 2.05) is 32.0 Å². The highest BCUT2D eigenvalue weighted by Gasteiger charge is 2.34. The van der Waals surface area contributed by atoms with Gasteiger partial charge in [0, 0.05) is 11.3 Å². The van der Waals surface area contributed by atoms with Crippen LogP contribution in [0.25, 0.3) is 0 Å². The van der Waals surface area contributed by atoms with Gasteiger partial charge in [-0.05, 0) is 31.5 Å². The van der Waals surface area contributed by atoms with Crippen LogP contribution in [0.15, 0.2) is 29.7 Å². The number of nitriles is 1. The Morgan fingerprint density at radius 3 is 2.84 bits per heavy atom. The number of nitrogens with one attached hydrogen (secondary N) is 2. The van der Waals surface area contributed by atoms with Gasteiger partial charge < -0.3 is 29.6 Å². The van der Waals surface area contributed by atoms with E-state index in [-0.39, 0.29) is 5.88 Å². The molecule has 1 aromatic carbocycles. The molecular weight excluding hydrogens is 398 g/mol. The molecule has 0 radical (unpaired) electrons. The zero-order valence-electron chi connectivity index (χ0n) is 17.9. The molecule has 9 nitrogen and oxygen atoms in total. The topological polar surface area (TPSA) is 120 Å². The Hall–Kier alpha value is -3.22. The van der Waals surface area contributed by atoms with Crippen molar-refractivity contribution in [1.29, 1.82) is 5.26 Å². The lowest BCUT2D eigenvalue weighted by Gasteiger charge is -2.25. The third-order valence-electron chi connectivity index (χ3n) is 5.64. The third kappa shape index (κ3) is 4.31. The minimum Gasteiger partial charge on any atom is -0.490 e. The van der Waals surface area contributed by atoms with Crippen molar-refractivity contribution in [3.8, 4) is 23.4 Å². The highest BCUT2D eigenvalue weighted by molar-refractivity contribution is 5.57. The maximum absolute atomic E-state index is 9.75. The van der Waals surface area contributed by atoms with Gasteiger partial charge >= 0.3 is 0 Å². The number of H-pyrrole nitrogens is 1. The van der Waals surface area contributed by atoms with Crippen LogP contribution in [0.1, 0.15) is 29.7 Å². The minimum absolute atomic E-state index is 0.0678. The molecule has 0 amide bonds. The summed E-state index contributed by atoms with van der Waals surface area (Å²) in [4.78, 5) is 1.48. The highest BCUT2D eigenvalue weighted by atomic mass is 16.5. The third-order valence-corrected chi connectivity index (χ3v) is 5.64. The fourth-order valence-electron chi connectivity index (χ4n) is 4.04. The van der Waals surface area contributed by atoms with Gasteiger partial charge in [-0.15, -0.1) is 5.10 Å². The minimum atomic E-state index is -0.390. The zero-order valence-corrected chi connectivity index (χ0v) is 17.9. The zero-order chi connectivity index (χ0) is 21.8. The van der Waals surface area contributed by atoms with Gasteiger partial charge in [0.1, 0.15) is 37.9 Å². The summed E-state index contributed by atoms with van der Waals surface area (Å²) in [5, 5.41) is 16.8.